The van der Waals surface area contributed by atoms with E-state index in [0.717, 1.165) is 0 Å². The number of rotatable bonds is 4. The number of carbonyl (C=O) groups excluding carboxylic acids is 2. The first-order chi connectivity index (χ1) is 9.86. The standard InChI is InChI=1S/C15H17Cl2NO3/c1-8(5-10-6-9(2)21-15(10)20)14(19)18-13-7-11(16)3-4-12(13)17/h3-4,7-10H,5-6H2,1-2H3,(H,18,19)/t8-,9+,10-/m0/s1. The Morgan fingerprint density at radius 3 is 2.81 bits per heavy atom. The molecule has 1 aromatic carbocycles. The number of carbonyl (C=O) groups is 2. The fourth-order valence-electron chi connectivity index (χ4n) is 2.42. The molecule has 2 rings (SSSR count). The number of anilines is 1. The molecule has 1 N–H and O–H groups in total. The molecule has 0 bridgehead atoms. The van der Waals surface area contributed by atoms with Crippen LogP contribution in [0.25, 0.3) is 0 Å². The number of hydrogen-bond acceptors (Lipinski definition) is 3. The van der Waals surface area contributed by atoms with Crippen molar-refractivity contribution >= 4 is 40.8 Å². The summed E-state index contributed by atoms with van der Waals surface area (Å²) in [4.78, 5) is 23.8. The van der Waals surface area contributed by atoms with E-state index in [1.807, 2.05) is 6.92 Å². The van der Waals surface area contributed by atoms with Crippen LogP contribution in [-0.4, -0.2) is 18.0 Å². The molecule has 1 aliphatic rings. The number of nitrogens with one attached hydrogen (secondary N) is 1. The Labute approximate surface area is 133 Å². The molecular weight excluding hydrogens is 313 g/mol. The van der Waals surface area contributed by atoms with Gasteiger partial charge in [0, 0.05) is 10.9 Å². The molecule has 0 radical (unpaired) electrons. The number of ether oxygens (including phenoxy) is 1. The maximum Gasteiger partial charge on any atom is 0.309 e. The minimum atomic E-state index is -0.317. The molecule has 1 heterocycles. The number of halogens is 2. The van der Waals surface area contributed by atoms with Crippen molar-refractivity contribution in [3.63, 3.8) is 0 Å². The second-order valence-corrected chi connectivity index (χ2v) is 6.27. The summed E-state index contributed by atoms with van der Waals surface area (Å²) in [6.07, 6.45) is 1.06. The van der Waals surface area contributed by atoms with Crippen molar-refractivity contribution in [2.24, 2.45) is 11.8 Å². The number of cyclic esters (lactones) is 1. The van der Waals surface area contributed by atoms with E-state index in [1.165, 1.54) is 0 Å². The van der Waals surface area contributed by atoms with Crippen LogP contribution < -0.4 is 5.32 Å². The Balaban J connectivity index is 1.96. The van der Waals surface area contributed by atoms with Gasteiger partial charge in [-0.25, -0.2) is 0 Å². The quantitative estimate of drug-likeness (QED) is 0.852. The van der Waals surface area contributed by atoms with Crippen LogP contribution in [0.5, 0.6) is 0 Å². The normalized spacial score (nSPS) is 22.8. The third-order valence-electron chi connectivity index (χ3n) is 3.54. The van der Waals surface area contributed by atoms with Gasteiger partial charge in [0.05, 0.1) is 22.7 Å². The summed E-state index contributed by atoms with van der Waals surface area (Å²) in [5.41, 5.74) is 0.475. The fraction of sp³-hybridized carbons (Fsp3) is 0.467. The molecule has 0 spiro atoms. The molecule has 0 saturated carbocycles. The topological polar surface area (TPSA) is 55.4 Å². The number of benzene rings is 1. The van der Waals surface area contributed by atoms with Gasteiger partial charge in [-0.3, -0.25) is 9.59 Å². The van der Waals surface area contributed by atoms with Gasteiger partial charge < -0.3 is 10.1 Å². The van der Waals surface area contributed by atoms with Crippen molar-refractivity contribution in [1.82, 2.24) is 0 Å². The number of hydrogen-bond donors (Lipinski definition) is 1. The van der Waals surface area contributed by atoms with Crippen LogP contribution in [0.4, 0.5) is 5.69 Å². The second kappa shape index (κ2) is 6.67. The monoisotopic (exact) mass is 329 g/mol. The zero-order chi connectivity index (χ0) is 15.6. The molecule has 114 valence electrons. The third kappa shape index (κ3) is 4.11. The zero-order valence-corrected chi connectivity index (χ0v) is 13.4. The first-order valence-electron chi connectivity index (χ1n) is 6.83. The van der Waals surface area contributed by atoms with E-state index >= 15 is 0 Å². The molecule has 1 amide bonds. The lowest BCUT2D eigenvalue weighted by Gasteiger charge is -2.15. The van der Waals surface area contributed by atoms with E-state index in [0.29, 0.717) is 28.6 Å². The summed E-state index contributed by atoms with van der Waals surface area (Å²) in [5.74, 6) is -0.937. The molecule has 0 aromatic heterocycles. The van der Waals surface area contributed by atoms with Crippen LogP contribution in [0.1, 0.15) is 26.7 Å². The van der Waals surface area contributed by atoms with E-state index in [-0.39, 0.29) is 29.8 Å². The zero-order valence-electron chi connectivity index (χ0n) is 11.9. The predicted octanol–water partition coefficient (Wildman–Crippen LogP) is 3.91. The van der Waals surface area contributed by atoms with Gasteiger partial charge in [-0.15, -0.1) is 0 Å². The largest absolute Gasteiger partial charge is 0.462 e. The van der Waals surface area contributed by atoms with E-state index in [1.54, 1.807) is 25.1 Å². The lowest BCUT2D eigenvalue weighted by atomic mass is 9.93. The van der Waals surface area contributed by atoms with Crippen LogP contribution in [-0.2, 0) is 14.3 Å². The Morgan fingerprint density at radius 2 is 2.19 bits per heavy atom. The van der Waals surface area contributed by atoms with Gasteiger partial charge in [-0.05, 0) is 38.0 Å². The highest BCUT2D eigenvalue weighted by molar-refractivity contribution is 6.35. The summed E-state index contributed by atoms with van der Waals surface area (Å²) in [7, 11) is 0. The first-order valence-corrected chi connectivity index (χ1v) is 7.59. The molecule has 1 fully saturated rings. The van der Waals surface area contributed by atoms with Gasteiger partial charge in [0.2, 0.25) is 5.91 Å². The summed E-state index contributed by atoms with van der Waals surface area (Å²) >= 11 is 11.9. The molecule has 1 aliphatic heterocycles. The maximum absolute atomic E-state index is 12.2. The van der Waals surface area contributed by atoms with Crippen molar-refractivity contribution in [1.29, 1.82) is 0 Å². The summed E-state index contributed by atoms with van der Waals surface area (Å²) in [6, 6.07) is 4.87. The molecule has 1 aromatic rings. The van der Waals surface area contributed by atoms with Gasteiger partial charge >= 0.3 is 5.97 Å². The van der Waals surface area contributed by atoms with Crippen LogP contribution in [0, 0.1) is 11.8 Å². The van der Waals surface area contributed by atoms with Crippen LogP contribution in [0.15, 0.2) is 18.2 Å². The lowest BCUT2D eigenvalue weighted by molar-refractivity contribution is -0.144. The Kier molecular flexibility index (Phi) is 5.12. The molecule has 21 heavy (non-hydrogen) atoms. The molecule has 6 heteroatoms. The van der Waals surface area contributed by atoms with E-state index in [9.17, 15) is 9.59 Å². The molecular formula is C15H17Cl2NO3. The van der Waals surface area contributed by atoms with E-state index < -0.39 is 0 Å². The Morgan fingerprint density at radius 1 is 1.48 bits per heavy atom. The minimum absolute atomic E-state index is 0.0693. The number of esters is 1. The van der Waals surface area contributed by atoms with E-state index in [2.05, 4.69) is 5.32 Å². The van der Waals surface area contributed by atoms with Gasteiger partial charge in [0.25, 0.3) is 0 Å². The lowest BCUT2D eigenvalue weighted by Crippen LogP contribution is -2.24. The van der Waals surface area contributed by atoms with Gasteiger partial charge in [0.15, 0.2) is 0 Å². The minimum Gasteiger partial charge on any atom is -0.462 e. The van der Waals surface area contributed by atoms with Gasteiger partial charge in [0.1, 0.15) is 0 Å². The molecule has 3 atom stereocenters. The van der Waals surface area contributed by atoms with Crippen molar-refractivity contribution in [3.05, 3.63) is 28.2 Å². The Bertz CT molecular complexity index is 562. The molecule has 0 aliphatic carbocycles. The molecule has 0 unspecified atom stereocenters. The maximum atomic E-state index is 12.2. The highest BCUT2D eigenvalue weighted by Crippen LogP contribution is 2.29. The van der Waals surface area contributed by atoms with Crippen molar-refractivity contribution < 1.29 is 14.3 Å². The summed E-state index contributed by atoms with van der Waals surface area (Å²) < 4.78 is 5.10. The van der Waals surface area contributed by atoms with Gasteiger partial charge in [-0.1, -0.05) is 30.1 Å². The smallest absolute Gasteiger partial charge is 0.309 e. The van der Waals surface area contributed by atoms with Gasteiger partial charge in [-0.2, -0.15) is 0 Å². The SMILES string of the molecule is C[C@@H]1C[C@H](C[C@H](C)C(=O)Nc2cc(Cl)ccc2Cl)C(=O)O1. The van der Waals surface area contributed by atoms with Crippen LogP contribution >= 0.6 is 23.2 Å². The molecule has 1 saturated heterocycles. The average Bonchev–Trinajstić information content (AvgIpc) is 2.72. The Hall–Kier alpha value is -1.26. The second-order valence-electron chi connectivity index (χ2n) is 5.43. The van der Waals surface area contributed by atoms with Crippen molar-refractivity contribution in [2.45, 2.75) is 32.8 Å². The van der Waals surface area contributed by atoms with Crippen molar-refractivity contribution in [3.8, 4) is 0 Å². The van der Waals surface area contributed by atoms with Crippen LogP contribution in [0.2, 0.25) is 10.0 Å². The average molecular weight is 330 g/mol. The van der Waals surface area contributed by atoms with Crippen LogP contribution in [0.3, 0.4) is 0 Å². The first kappa shape index (κ1) is 16.1. The third-order valence-corrected chi connectivity index (χ3v) is 4.10. The summed E-state index contributed by atoms with van der Waals surface area (Å²) in [5, 5.41) is 3.66. The molecule has 4 nitrogen and oxygen atoms in total. The van der Waals surface area contributed by atoms with E-state index in [4.69, 9.17) is 27.9 Å². The van der Waals surface area contributed by atoms with Crippen molar-refractivity contribution in [2.75, 3.05) is 5.32 Å². The predicted molar refractivity (Wildman–Crippen MR) is 82.5 cm³/mol. The fourth-order valence-corrected chi connectivity index (χ4v) is 2.75. The highest BCUT2D eigenvalue weighted by Gasteiger charge is 2.34. The number of amides is 1. The highest BCUT2D eigenvalue weighted by atomic mass is 35.5. The summed E-state index contributed by atoms with van der Waals surface area (Å²) in [6.45, 7) is 3.64.